The molecule has 0 unspecified atom stereocenters. The van der Waals surface area contributed by atoms with E-state index >= 15 is 0 Å². The zero-order valence-corrected chi connectivity index (χ0v) is 18.3. The third-order valence-corrected chi connectivity index (χ3v) is 5.63. The van der Waals surface area contributed by atoms with Gasteiger partial charge in [-0.15, -0.1) is 6.42 Å². The van der Waals surface area contributed by atoms with Crippen LogP contribution in [0.4, 0.5) is 0 Å². The molecule has 0 saturated carbocycles. The number of benzene rings is 2. The summed E-state index contributed by atoms with van der Waals surface area (Å²) in [5, 5.41) is 0. The highest BCUT2D eigenvalue weighted by Crippen LogP contribution is 2.35. The lowest BCUT2D eigenvalue weighted by atomic mass is 10.1. The van der Waals surface area contributed by atoms with E-state index < -0.39 is 0 Å². The molecule has 154 valence electrons. The van der Waals surface area contributed by atoms with Crippen molar-refractivity contribution in [3.05, 3.63) is 58.5 Å². The summed E-state index contributed by atoms with van der Waals surface area (Å²) in [5.41, 5.74) is 1.79. The van der Waals surface area contributed by atoms with Gasteiger partial charge in [0.05, 0.1) is 25.2 Å². The van der Waals surface area contributed by atoms with Crippen molar-refractivity contribution in [2.45, 2.75) is 13.5 Å². The summed E-state index contributed by atoms with van der Waals surface area (Å²) in [4.78, 5) is 15.1. The van der Waals surface area contributed by atoms with Gasteiger partial charge in [0.15, 0.2) is 11.5 Å². The number of rotatable bonds is 8. The van der Waals surface area contributed by atoms with Gasteiger partial charge in [-0.3, -0.25) is 9.69 Å². The van der Waals surface area contributed by atoms with Crippen molar-refractivity contribution in [1.82, 2.24) is 4.90 Å². The van der Waals surface area contributed by atoms with Crippen LogP contribution in [0.5, 0.6) is 17.2 Å². The molecule has 1 aliphatic rings. The first-order valence-electron chi connectivity index (χ1n) is 9.27. The zero-order valence-electron chi connectivity index (χ0n) is 16.7. The monoisotopic (exact) mass is 439 g/mol. The van der Waals surface area contributed by atoms with E-state index in [0.717, 1.165) is 16.9 Å². The number of hydrogen-bond donors (Lipinski definition) is 0. The third-order valence-electron chi connectivity index (χ3n) is 4.25. The van der Waals surface area contributed by atoms with Crippen LogP contribution in [0.25, 0.3) is 6.08 Å². The van der Waals surface area contributed by atoms with Gasteiger partial charge in [-0.05, 0) is 48.4 Å². The van der Waals surface area contributed by atoms with E-state index in [1.807, 2.05) is 43.3 Å². The van der Waals surface area contributed by atoms with Crippen LogP contribution in [0.2, 0.25) is 0 Å². The summed E-state index contributed by atoms with van der Waals surface area (Å²) in [5.74, 6) is 4.23. The first-order chi connectivity index (χ1) is 14.5. The van der Waals surface area contributed by atoms with Gasteiger partial charge >= 0.3 is 0 Å². The molecule has 0 radical (unpaired) electrons. The van der Waals surface area contributed by atoms with Gasteiger partial charge in [0, 0.05) is 0 Å². The average molecular weight is 440 g/mol. The van der Waals surface area contributed by atoms with Crippen molar-refractivity contribution in [3.8, 4) is 29.6 Å². The maximum absolute atomic E-state index is 12.9. The highest BCUT2D eigenvalue weighted by Gasteiger charge is 2.32. The minimum Gasteiger partial charge on any atom is -0.497 e. The van der Waals surface area contributed by atoms with Crippen molar-refractivity contribution in [1.29, 1.82) is 0 Å². The second-order valence-electron chi connectivity index (χ2n) is 6.25. The zero-order chi connectivity index (χ0) is 21.5. The SMILES string of the molecule is C#CCOc1ccc(/C=C2\SC(=S)N(Cc3ccc(OC)cc3)C2=O)cc1OCC. The molecule has 2 aromatic carbocycles. The summed E-state index contributed by atoms with van der Waals surface area (Å²) in [6.45, 7) is 2.94. The molecule has 1 aliphatic heterocycles. The predicted octanol–water partition coefficient (Wildman–Crippen LogP) is 4.51. The summed E-state index contributed by atoms with van der Waals surface area (Å²) in [7, 11) is 1.62. The van der Waals surface area contributed by atoms with Crippen LogP contribution in [0.3, 0.4) is 0 Å². The van der Waals surface area contributed by atoms with Crippen molar-refractivity contribution in [2.75, 3.05) is 20.3 Å². The largest absolute Gasteiger partial charge is 0.497 e. The molecule has 0 N–H and O–H groups in total. The third kappa shape index (κ3) is 5.15. The maximum atomic E-state index is 12.9. The Labute approximate surface area is 186 Å². The molecule has 7 heteroatoms. The van der Waals surface area contributed by atoms with Crippen LogP contribution in [0.1, 0.15) is 18.1 Å². The molecule has 1 heterocycles. The van der Waals surface area contributed by atoms with Crippen LogP contribution in [0.15, 0.2) is 47.4 Å². The standard InChI is InChI=1S/C23H21NO4S2/c1-4-12-28-19-11-8-17(13-20(19)27-5-2)14-21-22(25)24(23(29)30-21)15-16-6-9-18(26-3)10-7-16/h1,6-11,13-14H,5,12,15H2,2-3H3/b21-14-. The summed E-state index contributed by atoms with van der Waals surface area (Å²) in [6, 6.07) is 13.0. The Kier molecular flexibility index (Phi) is 7.39. The quantitative estimate of drug-likeness (QED) is 0.343. The number of hydrogen-bond acceptors (Lipinski definition) is 6. The number of nitrogens with zero attached hydrogens (tertiary/aromatic N) is 1. The Bertz CT molecular complexity index is 1010. The molecule has 1 saturated heterocycles. The first kappa shape index (κ1) is 21.8. The molecule has 30 heavy (non-hydrogen) atoms. The fourth-order valence-corrected chi connectivity index (χ4v) is 4.08. The van der Waals surface area contributed by atoms with E-state index in [-0.39, 0.29) is 12.5 Å². The molecule has 3 rings (SSSR count). The molecular weight excluding hydrogens is 418 g/mol. The molecule has 0 aliphatic carbocycles. The van der Waals surface area contributed by atoms with Crippen LogP contribution >= 0.6 is 24.0 Å². The van der Waals surface area contributed by atoms with Gasteiger partial charge in [-0.25, -0.2) is 0 Å². The van der Waals surface area contributed by atoms with E-state index in [1.54, 1.807) is 24.2 Å². The lowest BCUT2D eigenvalue weighted by molar-refractivity contribution is -0.122. The lowest BCUT2D eigenvalue weighted by Crippen LogP contribution is -2.27. The highest BCUT2D eigenvalue weighted by molar-refractivity contribution is 8.26. The van der Waals surface area contributed by atoms with Gasteiger partial charge in [0.25, 0.3) is 5.91 Å². The second-order valence-corrected chi connectivity index (χ2v) is 7.92. The molecule has 2 aromatic rings. The Morgan fingerprint density at radius 1 is 1.17 bits per heavy atom. The van der Waals surface area contributed by atoms with Crippen LogP contribution in [0, 0.1) is 12.3 Å². The van der Waals surface area contributed by atoms with Gasteiger partial charge in [-0.1, -0.05) is 48.1 Å². The van der Waals surface area contributed by atoms with Gasteiger partial charge in [-0.2, -0.15) is 0 Å². The Hall–Kier alpha value is -2.95. The number of amides is 1. The molecule has 0 spiro atoms. The number of thioether (sulfide) groups is 1. The minimum atomic E-state index is -0.119. The summed E-state index contributed by atoms with van der Waals surface area (Å²) < 4.78 is 16.9. The predicted molar refractivity (Wildman–Crippen MR) is 124 cm³/mol. The fourth-order valence-electron chi connectivity index (χ4n) is 2.82. The Morgan fingerprint density at radius 3 is 2.60 bits per heavy atom. The molecule has 5 nitrogen and oxygen atoms in total. The van der Waals surface area contributed by atoms with Gasteiger partial charge < -0.3 is 14.2 Å². The van der Waals surface area contributed by atoms with Crippen molar-refractivity contribution in [3.63, 3.8) is 0 Å². The van der Waals surface area contributed by atoms with Crippen LogP contribution < -0.4 is 14.2 Å². The highest BCUT2D eigenvalue weighted by atomic mass is 32.2. The van der Waals surface area contributed by atoms with Crippen molar-refractivity contribution in [2.24, 2.45) is 0 Å². The normalized spacial score (nSPS) is 14.7. The van der Waals surface area contributed by atoms with Crippen molar-refractivity contribution >= 4 is 40.3 Å². The maximum Gasteiger partial charge on any atom is 0.266 e. The van der Waals surface area contributed by atoms with E-state index in [2.05, 4.69) is 5.92 Å². The van der Waals surface area contributed by atoms with Crippen LogP contribution in [-0.2, 0) is 11.3 Å². The van der Waals surface area contributed by atoms with Gasteiger partial charge in [0.2, 0.25) is 0 Å². The fraction of sp³-hybridized carbons (Fsp3) is 0.217. The molecule has 1 amide bonds. The average Bonchev–Trinajstić information content (AvgIpc) is 3.01. The van der Waals surface area contributed by atoms with E-state index in [1.165, 1.54) is 11.8 Å². The lowest BCUT2D eigenvalue weighted by Gasteiger charge is -2.14. The Balaban J connectivity index is 1.78. The number of carbonyl (C=O) groups is 1. The number of terminal acetylenes is 1. The summed E-state index contributed by atoms with van der Waals surface area (Å²) >= 11 is 6.72. The Morgan fingerprint density at radius 2 is 1.93 bits per heavy atom. The van der Waals surface area contributed by atoms with Gasteiger partial charge in [0.1, 0.15) is 16.7 Å². The topological polar surface area (TPSA) is 48.0 Å². The number of methoxy groups -OCH3 is 1. The first-order valence-corrected chi connectivity index (χ1v) is 10.5. The number of ether oxygens (including phenoxy) is 3. The molecule has 1 fully saturated rings. The molecule has 0 aromatic heterocycles. The molecule has 0 atom stereocenters. The summed E-state index contributed by atoms with van der Waals surface area (Å²) in [6.07, 6.45) is 7.07. The van der Waals surface area contributed by atoms with E-state index in [0.29, 0.717) is 33.9 Å². The van der Waals surface area contributed by atoms with E-state index in [9.17, 15) is 4.79 Å². The smallest absolute Gasteiger partial charge is 0.266 e. The number of carbonyl (C=O) groups excluding carboxylic acids is 1. The van der Waals surface area contributed by atoms with Crippen molar-refractivity contribution < 1.29 is 19.0 Å². The molecular formula is C23H21NO4S2. The van der Waals surface area contributed by atoms with Crippen LogP contribution in [-0.4, -0.2) is 35.5 Å². The second kappa shape index (κ2) is 10.2. The van der Waals surface area contributed by atoms with E-state index in [4.69, 9.17) is 32.9 Å². The minimum absolute atomic E-state index is 0.119. The number of thiocarbonyl (C=S) groups is 1. The molecule has 0 bridgehead atoms.